The van der Waals surface area contributed by atoms with Gasteiger partial charge in [-0.15, -0.1) is 0 Å². The van der Waals surface area contributed by atoms with Crippen molar-refractivity contribution in [2.24, 2.45) is 0 Å². The summed E-state index contributed by atoms with van der Waals surface area (Å²) in [5.41, 5.74) is 1.74. The summed E-state index contributed by atoms with van der Waals surface area (Å²) in [4.78, 5) is 38.1. The fourth-order valence-electron chi connectivity index (χ4n) is 3.94. The fraction of sp³-hybridized carbons (Fsp3) is 0.222. The van der Waals surface area contributed by atoms with Crippen LogP contribution in [0.4, 0.5) is 10.5 Å². The molecule has 0 unspecified atom stereocenters. The van der Waals surface area contributed by atoms with Crippen molar-refractivity contribution in [2.75, 3.05) is 4.90 Å². The number of pyridine rings is 1. The maximum absolute atomic E-state index is 13.1. The molecule has 1 aliphatic heterocycles. The fourth-order valence-corrected chi connectivity index (χ4v) is 4.23. The van der Waals surface area contributed by atoms with E-state index in [4.69, 9.17) is 11.6 Å². The van der Waals surface area contributed by atoms with E-state index in [0.717, 1.165) is 10.5 Å². The van der Waals surface area contributed by atoms with E-state index >= 15 is 0 Å². The second kappa shape index (κ2) is 5.28. The number of H-pyrrole nitrogens is 1. The van der Waals surface area contributed by atoms with Crippen LogP contribution < -0.4 is 10.2 Å². The number of imidazole rings is 1. The molecule has 1 saturated carbocycles. The van der Waals surface area contributed by atoms with Gasteiger partial charge in [0.25, 0.3) is 5.91 Å². The highest BCUT2D eigenvalue weighted by molar-refractivity contribution is 6.31. The molecule has 8 heteroatoms. The third-order valence-corrected chi connectivity index (χ3v) is 5.59. The number of rotatable bonds is 2. The summed E-state index contributed by atoms with van der Waals surface area (Å²) in [6.45, 7) is 0. The summed E-state index contributed by atoms with van der Waals surface area (Å²) < 4.78 is 0. The molecule has 1 saturated heterocycles. The Labute approximate surface area is 153 Å². The van der Waals surface area contributed by atoms with Gasteiger partial charge in [0.15, 0.2) is 0 Å². The zero-order chi connectivity index (χ0) is 17.9. The first-order valence-corrected chi connectivity index (χ1v) is 8.65. The van der Waals surface area contributed by atoms with Gasteiger partial charge in [0.1, 0.15) is 11.1 Å². The number of aromatic nitrogens is 3. The molecule has 7 nitrogen and oxygen atoms in total. The number of amides is 3. The Bertz CT molecular complexity index is 1060. The number of hydrogen-bond acceptors (Lipinski definition) is 4. The lowest BCUT2D eigenvalue weighted by atomic mass is 9.65. The van der Waals surface area contributed by atoms with Crippen molar-refractivity contribution in [3.8, 4) is 0 Å². The van der Waals surface area contributed by atoms with Gasteiger partial charge in [0, 0.05) is 5.02 Å². The number of nitrogens with zero attached hydrogens (tertiary/aromatic N) is 3. The van der Waals surface area contributed by atoms with E-state index in [1.165, 1.54) is 12.5 Å². The van der Waals surface area contributed by atoms with Crippen molar-refractivity contribution in [1.82, 2.24) is 20.3 Å². The minimum absolute atomic E-state index is 0.146. The standard InChI is InChI=1S/C18H14ClN5O2/c19-12-4-2-1-3-11(12)10-5-18(6-10)16(25)24(17(26)23-18)14-8-20-7-13-15(14)22-9-21-13/h1-4,7-10H,5-6H2,(H,21,22)(H,23,26). The van der Waals surface area contributed by atoms with Crippen LogP contribution in [-0.2, 0) is 4.79 Å². The van der Waals surface area contributed by atoms with Crippen molar-refractivity contribution in [1.29, 1.82) is 0 Å². The predicted octanol–water partition coefficient (Wildman–Crippen LogP) is 2.98. The molecule has 0 bridgehead atoms. The summed E-state index contributed by atoms with van der Waals surface area (Å²) >= 11 is 6.27. The first kappa shape index (κ1) is 15.3. The molecule has 0 radical (unpaired) electrons. The molecule has 130 valence electrons. The minimum atomic E-state index is -0.876. The topological polar surface area (TPSA) is 91.0 Å². The second-order valence-corrected chi connectivity index (χ2v) is 7.14. The summed E-state index contributed by atoms with van der Waals surface area (Å²) in [7, 11) is 0. The Balaban J connectivity index is 1.46. The monoisotopic (exact) mass is 367 g/mol. The van der Waals surface area contributed by atoms with Gasteiger partial charge in [-0.05, 0) is 30.4 Å². The third kappa shape index (κ3) is 2.00. The van der Waals surface area contributed by atoms with E-state index in [1.54, 1.807) is 6.20 Å². The van der Waals surface area contributed by atoms with Crippen molar-refractivity contribution in [3.05, 3.63) is 53.6 Å². The maximum Gasteiger partial charge on any atom is 0.329 e. The van der Waals surface area contributed by atoms with Crippen LogP contribution in [0.25, 0.3) is 11.0 Å². The number of halogens is 1. The number of aromatic amines is 1. The Morgan fingerprint density at radius 3 is 2.81 bits per heavy atom. The molecule has 0 atom stereocenters. The highest BCUT2D eigenvalue weighted by Crippen LogP contribution is 2.50. The number of urea groups is 1. The van der Waals surface area contributed by atoms with E-state index in [-0.39, 0.29) is 11.8 Å². The molecule has 2 aromatic heterocycles. The SMILES string of the molecule is O=C1NC2(CC(c3ccccc3Cl)C2)C(=O)N1c1cncc2[nH]cnc12. The molecule has 1 spiro atoms. The number of anilines is 1. The molecule has 3 amide bonds. The lowest BCUT2D eigenvalue weighted by Crippen LogP contribution is -2.56. The zero-order valence-electron chi connectivity index (χ0n) is 13.6. The molecule has 2 N–H and O–H groups in total. The quantitative estimate of drug-likeness (QED) is 0.681. The largest absolute Gasteiger partial charge is 0.343 e. The Kier molecular flexibility index (Phi) is 3.12. The number of imide groups is 1. The van der Waals surface area contributed by atoms with Crippen LogP contribution in [0, 0.1) is 0 Å². The van der Waals surface area contributed by atoms with Gasteiger partial charge in [-0.25, -0.2) is 14.7 Å². The molecule has 26 heavy (non-hydrogen) atoms. The predicted molar refractivity (Wildman–Crippen MR) is 96.1 cm³/mol. The lowest BCUT2D eigenvalue weighted by Gasteiger charge is -2.43. The zero-order valence-corrected chi connectivity index (χ0v) is 14.3. The van der Waals surface area contributed by atoms with Gasteiger partial charge >= 0.3 is 6.03 Å². The number of benzene rings is 1. The smallest absolute Gasteiger partial charge is 0.329 e. The van der Waals surface area contributed by atoms with Gasteiger partial charge in [0.2, 0.25) is 0 Å². The van der Waals surface area contributed by atoms with Gasteiger partial charge in [-0.3, -0.25) is 9.78 Å². The van der Waals surface area contributed by atoms with Crippen LogP contribution in [0.1, 0.15) is 24.3 Å². The molecular weight excluding hydrogens is 354 g/mol. The van der Waals surface area contributed by atoms with Gasteiger partial charge in [0.05, 0.1) is 29.9 Å². The van der Waals surface area contributed by atoms with Crippen LogP contribution in [0.3, 0.4) is 0 Å². The molecule has 2 aliphatic rings. The number of hydrogen-bond donors (Lipinski definition) is 2. The van der Waals surface area contributed by atoms with Crippen LogP contribution in [0.5, 0.6) is 0 Å². The van der Waals surface area contributed by atoms with E-state index in [9.17, 15) is 9.59 Å². The van der Waals surface area contributed by atoms with Crippen LogP contribution in [-0.4, -0.2) is 32.4 Å². The molecular formula is C18H14ClN5O2. The molecule has 1 aliphatic carbocycles. The molecule has 3 heterocycles. The number of carbonyl (C=O) groups is 2. The van der Waals surface area contributed by atoms with Crippen molar-refractivity contribution >= 4 is 40.3 Å². The highest BCUT2D eigenvalue weighted by atomic mass is 35.5. The first-order chi connectivity index (χ1) is 12.6. The normalized spacial score (nSPS) is 25.0. The Hall–Kier alpha value is -2.93. The third-order valence-electron chi connectivity index (χ3n) is 5.25. The number of nitrogens with one attached hydrogen (secondary N) is 2. The Morgan fingerprint density at radius 2 is 2.00 bits per heavy atom. The van der Waals surface area contributed by atoms with Gasteiger partial charge < -0.3 is 10.3 Å². The minimum Gasteiger partial charge on any atom is -0.343 e. The van der Waals surface area contributed by atoms with E-state index in [0.29, 0.717) is 34.6 Å². The molecule has 5 rings (SSSR count). The number of carbonyl (C=O) groups excluding carboxylic acids is 2. The highest BCUT2D eigenvalue weighted by Gasteiger charge is 2.59. The van der Waals surface area contributed by atoms with E-state index in [1.807, 2.05) is 24.3 Å². The summed E-state index contributed by atoms with van der Waals surface area (Å²) in [6, 6.07) is 7.17. The molecule has 3 aromatic rings. The first-order valence-electron chi connectivity index (χ1n) is 8.27. The van der Waals surface area contributed by atoms with Gasteiger partial charge in [-0.1, -0.05) is 29.8 Å². The van der Waals surface area contributed by atoms with E-state index < -0.39 is 11.6 Å². The number of fused-ring (bicyclic) bond motifs is 1. The average Bonchev–Trinajstić information content (AvgIpc) is 3.17. The van der Waals surface area contributed by atoms with Crippen LogP contribution in [0.15, 0.2) is 43.0 Å². The second-order valence-electron chi connectivity index (χ2n) is 6.74. The van der Waals surface area contributed by atoms with Crippen LogP contribution >= 0.6 is 11.6 Å². The lowest BCUT2D eigenvalue weighted by molar-refractivity contribution is -0.125. The molecule has 1 aromatic carbocycles. The van der Waals surface area contributed by atoms with Crippen LogP contribution in [0.2, 0.25) is 5.02 Å². The molecule has 2 fully saturated rings. The Morgan fingerprint density at radius 1 is 1.19 bits per heavy atom. The average molecular weight is 368 g/mol. The van der Waals surface area contributed by atoms with E-state index in [2.05, 4.69) is 20.3 Å². The van der Waals surface area contributed by atoms with Crippen molar-refractivity contribution in [2.45, 2.75) is 24.3 Å². The maximum atomic E-state index is 13.1. The summed E-state index contributed by atoms with van der Waals surface area (Å²) in [5.74, 6) is -0.115. The summed E-state index contributed by atoms with van der Waals surface area (Å²) in [6.07, 6.45) is 5.67. The summed E-state index contributed by atoms with van der Waals surface area (Å²) in [5, 5.41) is 3.56. The van der Waals surface area contributed by atoms with Gasteiger partial charge in [-0.2, -0.15) is 0 Å². The van der Waals surface area contributed by atoms with Crippen molar-refractivity contribution in [3.63, 3.8) is 0 Å². The van der Waals surface area contributed by atoms with Crippen molar-refractivity contribution < 1.29 is 9.59 Å².